The number of aryl methyl sites for hydroxylation is 2. The van der Waals surface area contributed by atoms with Crippen LogP contribution in [0.25, 0.3) is 11.3 Å². The molecular formula is C29H41N3O3. The fourth-order valence-electron chi connectivity index (χ4n) is 4.66. The van der Waals surface area contributed by atoms with E-state index < -0.39 is 6.29 Å². The second kappa shape index (κ2) is 11.2. The lowest BCUT2D eigenvalue weighted by atomic mass is 9.86. The number of rotatable bonds is 7. The molecule has 1 saturated carbocycles. The average Bonchev–Trinajstić information content (AvgIpc) is 3.07. The lowest BCUT2D eigenvalue weighted by Gasteiger charge is -2.25. The minimum absolute atomic E-state index is 0.0375. The molecule has 0 N–H and O–H groups in total. The molecule has 1 aliphatic rings. The molecule has 0 spiro atoms. The molecule has 1 heterocycles. The number of hydrogen-bond acceptors (Lipinski definition) is 5. The van der Waals surface area contributed by atoms with Gasteiger partial charge in [0.05, 0.1) is 11.6 Å². The zero-order chi connectivity index (χ0) is 25.8. The number of esters is 1. The maximum Gasteiger partial charge on any atom is 0.311 e. The third-order valence-electron chi connectivity index (χ3n) is 6.81. The average molecular weight is 480 g/mol. The Hall–Kier alpha value is -2.89. The number of hydrogen-bond donors (Lipinski definition) is 0. The van der Waals surface area contributed by atoms with E-state index in [-0.39, 0.29) is 17.3 Å². The van der Waals surface area contributed by atoms with Crippen molar-refractivity contribution in [2.45, 2.75) is 85.4 Å². The molecule has 2 aromatic rings. The summed E-state index contributed by atoms with van der Waals surface area (Å²) in [6, 6.07) is 8.48. The highest BCUT2D eigenvalue weighted by Crippen LogP contribution is 2.33. The summed E-state index contributed by atoms with van der Waals surface area (Å²) in [7, 11) is 3.65. The van der Waals surface area contributed by atoms with Crippen molar-refractivity contribution in [1.29, 1.82) is 0 Å². The minimum Gasteiger partial charge on any atom is -0.452 e. The Balaban J connectivity index is 2.04. The number of benzene rings is 1. The van der Waals surface area contributed by atoms with E-state index in [2.05, 4.69) is 55.1 Å². The van der Waals surface area contributed by atoms with Crippen molar-refractivity contribution < 1.29 is 14.3 Å². The topological polar surface area (TPSA) is 65.7 Å². The minimum atomic E-state index is -0.747. The van der Waals surface area contributed by atoms with Crippen LogP contribution in [0.15, 0.2) is 29.3 Å². The highest BCUT2D eigenvalue weighted by atomic mass is 16.7. The van der Waals surface area contributed by atoms with Crippen molar-refractivity contribution in [2.24, 2.45) is 18.0 Å². The van der Waals surface area contributed by atoms with E-state index in [1.54, 1.807) is 20.2 Å². The van der Waals surface area contributed by atoms with Crippen LogP contribution >= 0.6 is 0 Å². The van der Waals surface area contributed by atoms with E-state index in [1.807, 2.05) is 25.6 Å². The maximum atomic E-state index is 12.8. The highest BCUT2D eigenvalue weighted by molar-refractivity contribution is 6.18. The molecule has 1 aliphatic carbocycles. The Bertz CT molecular complexity index is 1080. The number of allylic oxidation sites excluding steroid dienone is 1. The fourth-order valence-corrected chi connectivity index (χ4v) is 4.66. The summed E-state index contributed by atoms with van der Waals surface area (Å²) in [5.74, 6) is 0.392. The predicted octanol–water partition coefficient (Wildman–Crippen LogP) is 6.39. The first-order valence-electron chi connectivity index (χ1n) is 12.7. The molecule has 0 aliphatic heterocycles. The molecule has 1 aromatic carbocycles. The van der Waals surface area contributed by atoms with E-state index in [0.29, 0.717) is 5.76 Å². The Morgan fingerprint density at radius 2 is 1.74 bits per heavy atom. The SMILES string of the molecule is CN=C/C(=C(/OC(C)OC(=O)C1CCCCC1)c1c(C)c(C)nn1C)c1ccc(C(C)(C)C)cc1. The molecule has 1 atom stereocenters. The maximum absolute atomic E-state index is 12.8. The van der Waals surface area contributed by atoms with Gasteiger partial charge in [0.25, 0.3) is 0 Å². The fraction of sp³-hybridized carbons (Fsp3) is 0.552. The van der Waals surface area contributed by atoms with Crippen molar-refractivity contribution in [1.82, 2.24) is 9.78 Å². The van der Waals surface area contributed by atoms with Crippen LogP contribution in [0.3, 0.4) is 0 Å². The van der Waals surface area contributed by atoms with Crippen LogP contribution in [0.1, 0.15) is 87.9 Å². The van der Waals surface area contributed by atoms with Gasteiger partial charge in [-0.2, -0.15) is 5.10 Å². The molecule has 1 fully saturated rings. The predicted molar refractivity (Wildman–Crippen MR) is 142 cm³/mol. The Kier molecular flexibility index (Phi) is 8.57. The number of ether oxygens (including phenoxy) is 2. The summed E-state index contributed by atoms with van der Waals surface area (Å²) in [6.45, 7) is 12.4. The zero-order valence-electron chi connectivity index (χ0n) is 22.6. The molecule has 0 amide bonds. The first-order valence-corrected chi connectivity index (χ1v) is 12.7. The van der Waals surface area contributed by atoms with E-state index in [4.69, 9.17) is 9.47 Å². The second-order valence-electron chi connectivity index (χ2n) is 10.6. The molecule has 190 valence electrons. The van der Waals surface area contributed by atoms with Gasteiger partial charge in [0.2, 0.25) is 6.29 Å². The molecule has 6 heteroatoms. The van der Waals surface area contributed by atoms with Crippen molar-refractivity contribution in [3.05, 3.63) is 52.3 Å². The number of nitrogens with zero attached hydrogens (tertiary/aromatic N) is 3. The molecular weight excluding hydrogens is 438 g/mol. The standard InChI is InChI=1S/C29H41N3O3/c1-19-20(2)31-32(8)26(19)27(34-21(3)35-28(33)23-12-10-9-11-13-23)25(18-30-7)22-14-16-24(17-15-22)29(4,5)6/h14-18,21,23H,9-13H2,1-8H3/b27-25-,30-18?. The Morgan fingerprint density at radius 3 is 2.26 bits per heavy atom. The molecule has 1 aromatic heterocycles. The largest absolute Gasteiger partial charge is 0.452 e. The number of aromatic nitrogens is 2. The Labute approximate surface area is 210 Å². The van der Waals surface area contributed by atoms with Gasteiger partial charge < -0.3 is 9.47 Å². The van der Waals surface area contributed by atoms with Crippen LogP contribution < -0.4 is 0 Å². The molecule has 0 bridgehead atoms. The zero-order valence-corrected chi connectivity index (χ0v) is 22.6. The van der Waals surface area contributed by atoms with Crippen molar-refractivity contribution in [2.75, 3.05) is 7.05 Å². The van der Waals surface area contributed by atoms with Gasteiger partial charge in [-0.1, -0.05) is 64.3 Å². The monoisotopic (exact) mass is 479 g/mol. The van der Waals surface area contributed by atoms with E-state index in [0.717, 1.165) is 53.8 Å². The van der Waals surface area contributed by atoms with Gasteiger partial charge in [-0.05, 0) is 43.2 Å². The van der Waals surface area contributed by atoms with E-state index >= 15 is 0 Å². The summed E-state index contributed by atoms with van der Waals surface area (Å²) >= 11 is 0. The van der Waals surface area contributed by atoms with Gasteiger partial charge >= 0.3 is 5.97 Å². The first-order chi connectivity index (χ1) is 16.5. The number of carbonyl (C=O) groups excluding carboxylic acids is 1. The summed E-state index contributed by atoms with van der Waals surface area (Å²) < 4.78 is 14.0. The lowest BCUT2D eigenvalue weighted by molar-refractivity contribution is -0.170. The molecule has 35 heavy (non-hydrogen) atoms. The van der Waals surface area contributed by atoms with Gasteiger partial charge in [-0.15, -0.1) is 0 Å². The second-order valence-corrected chi connectivity index (χ2v) is 10.6. The summed E-state index contributed by atoms with van der Waals surface area (Å²) in [5.41, 5.74) is 5.88. The van der Waals surface area contributed by atoms with E-state index in [9.17, 15) is 4.79 Å². The third kappa shape index (κ3) is 6.41. The van der Waals surface area contributed by atoms with Gasteiger partial charge in [0.1, 0.15) is 5.69 Å². The first kappa shape index (κ1) is 26.7. The quantitative estimate of drug-likeness (QED) is 0.200. The van der Waals surface area contributed by atoms with Crippen LogP contribution in [-0.4, -0.2) is 35.3 Å². The molecule has 0 saturated heterocycles. The van der Waals surface area contributed by atoms with Gasteiger partial charge in [0.15, 0.2) is 5.76 Å². The van der Waals surface area contributed by atoms with Crippen LogP contribution in [-0.2, 0) is 26.7 Å². The normalized spacial score (nSPS) is 16.8. The van der Waals surface area contributed by atoms with Crippen LogP contribution in [0.5, 0.6) is 0 Å². The third-order valence-corrected chi connectivity index (χ3v) is 6.81. The number of aliphatic imine (C=N–C) groups is 1. The lowest BCUT2D eigenvalue weighted by Crippen LogP contribution is -2.26. The summed E-state index contributed by atoms with van der Waals surface area (Å²) in [6.07, 6.45) is 6.19. The van der Waals surface area contributed by atoms with Crippen molar-refractivity contribution >= 4 is 23.5 Å². The van der Waals surface area contributed by atoms with Gasteiger partial charge in [-0.3, -0.25) is 14.5 Å². The van der Waals surface area contributed by atoms with Crippen LogP contribution in [0.2, 0.25) is 0 Å². The molecule has 6 nitrogen and oxygen atoms in total. The van der Waals surface area contributed by atoms with Crippen LogP contribution in [0, 0.1) is 19.8 Å². The molecule has 3 rings (SSSR count). The number of carbonyl (C=O) groups is 1. The van der Waals surface area contributed by atoms with Gasteiger partial charge in [-0.25, -0.2) is 0 Å². The van der Waals surface area contributed by atoms with E-state index in [1.165, 1.54) is 12.0 Å². The summed E-state index contributed by atoms with van der Waals surface area (Å²) in [4.78, 5) is 17.1. The molecule has 1 unspecified atom stereocenters. The molecule has 0 radical (unpaired) electrons. The van der Waals surface area contributed by atoms with Crippen LogP contribution in [0.4, 0.5) is 0 Å². The van der Waals surface area contributed by atoms with Gasteiger partial charge in [0, 0.05) is 38.4 Å². The van der Waals surface area contributed by atoms with Crippen molar-refractivity contribution in [3.63, 3.8) is 0 Å². The van der Waals surface area contributed by atoms with Crippen molar-refractivity contribution in [3.8, 4) is 0 Å². The Morgan fingerprint density at radius 1 is 1.11 bits per heavy atom. The summed E-state index contributed by atoms with van der Waals surface area (Å²) in [5, 5.41) is 4.61. The highest BCUT2D eigenvalue weighted by Gasteiger charge is 2.27. The smallest absolute Gasteiger partial charge is 0.311 e.